The topological polar surface area (TPSA) is 19.7 Å². The zero-order valence-corrected chi connectivity index (χ0v) is 24.0. The molecule has 2 atom stereocenters. The van der Waals surface area contributed by atoms with Crippen LogP contribution in [0.15, 0.2) is 12.4 Å². The van der Waals surface area contributed by atoms with Gasteiger partial charge in [0.1, 0.15) is 12.4 Å². The normalized spacial score (nSPS) is 13.4. The third-order valence-electron chi connectivity index (χ3n) is 7.90. The van der Waals surface area contributed by atoms with Crippen molar-refractivity contribution in [3.8, 4) is 0 Å². The molecule has 0 aromatic carbocycles. The van der Waals surface area contributed by atoms with Crippen molar-refractivity contribution in [3.63, 3.8) is 0 Å². The molecule has 0 spiro atoms. The molecule has 0 radical (unpaired) electrons. The van der Waals surface area contributed by atoms with Gasteiger partial charge >= 0.3 is 0 Å². The third kappa shape index (κ3) is 16.0. The number of H-pyrrole nitrogens is 1. The van der Waals surface area contributed by atoms with Crippen molar-refractivity contribution in [1.29, 1.82) is 0 Å². The van der Waals surface area contributed by atoms with Crippen LogP contribution in [0.3, 0.4) is 0 Å². The van der Waals surface area contributed by atoms with Gasteiger partial charge in [0.15, 0.2) is 0 Å². The first-order valence-electron chi connectivity index (χ1n) is 15.8. The van der Waals surface area contributed by atoms with Crippen molar-refractivity contribution in [3.05, 3.63) is 18.2 Å². The van der Waals surface area contributed by atoms with E-state index in [-0.39, 0.29) is 0 Å². The van der Waals surface area contributed by atoms with Gasteiger partial charge in [-0.05, 0) is 26.2 Å². The zero-order chi connectivity index (χ0) is 24.7. The number of hydrogen-bond donors (Lipinski definition) is 1. The van der Waals surface area contributed by atoms with E-state index in [2.05, 4.69) is 49.6 Å². The summed E-state index contributed by atoms with van der Waals surface area (Å²) in [4.78, 5) is 3.58. The monoisotopic (exact) mass is 475 g/mol. The second-order valence-corrected chi connectivity index (χ2v) is 11.3. The van der Waals surface area contributed by atoms with Crippen molar-refractivity contribution in [2.75, 3.05) is 0 Å². The second-order valence-electron chi connectivity index (χ2n) is 11.3. The Labute approximate surface area is 215 Å². The van der Waals surface area contributed by atoms with Gasteiger partial charge in [0.05, 0.1) is 12.0 Å². The highest BCUT2D eigenvalue weighted by molar-refractivity contribution is 4.87. The minimum absolute atomic E-state index is 0.620. The second kappa shape index (κ2) is 22.7. The van der Waals surface area contributed by atoms with Crippen LogP contribution in [0.2, 0.25) is 0 Å². The molecule has 0 aliphatic heterocycles. The Hall–Kier alpha value is -0.790. The Morgan fingerprint density at radius 2 is 0.941 bits per heavy atom. The van der Waals surface area contributed by atoms with Crippen LogP contribution in [0, 0.1) is 0 Å². The molecular weight excluding hydrogens is 412 g/mol. The maximum absolute atomic E-state index is 3.58. The first kappa shape index (κ1) is 31.2. The fourth-order valence-corrected chi connectivity index (χ4v) is 5.46. The number of nitrogens with one attached hydrogen (secondary N) is 1. The molecule has 1 rings (SSSR count). The lowest BCUT2D eigenvalue weighted by molar-refractivity contribution is -0.727. The molecule has 1 heterocycles. The summed E-state index contributed by atoms with van der Waals surface area (Å²) in [6, 6.07) is 0.620. The van der Waals surface area contributed by atoms with E-state index in [0.717, 1.165) is 0 Å². The summed E-state index contributed by atoms with van der Waals surface area (Å²) in [7, 11) is 0. The van der Waals surface area contributed by atoms with E-state index < -0.39 is 0 Å². The molecule has 1 aromatic heterocycles. The van der Waals surface area contributed by atoms with Gasteiger partial charge in [0.2, 0.25) is 0 Å². The zero-order valence-electron chi connectivity index (χ0n) is 24.0. The number of aromatic nitrogens is 2. The van der Waals surface area contributed by atoms with Crippen LogP contribution in [0.5, 0.6) is 0 Å². The predicted molar refractivity (Wildman–Crippen MR) is 152 cm³/mol. The Balaban J connectivity index is 2.07. The summed E-state index contributed by atoms with van der Waals surface area (Å²) in [5, 5.41) is 0. The molecule has 200 valence electrons. The minimum atomic E-state index is 0.620. The van der Waals surface area contributed by atoms with Crippen molar-refractivity contribution < 1.29 is 4.57 Å². The molecule has 2 heteroatoms. The van der Waals surface area contributed by atoms with Gasteiger partial charge in [-0.25, -0.2) is 9.55 Å². The van der Waals surface area contributed by atoms with Gasteiger partial charge in [0.25, 0.3) is 5.82 Å². The largest absolute Gasteiger partial charge is 0.257 e. The molecule has 2 nitrogen and oxygen atoms in total. The Morgan fingerprint density at radius 3 is 1.38 bits per heavy atom. The molecule has 0 saturated carbocycles. The van der Waals surface area contributed by atoms with Gasteiger partial charge in [-0.2, -0.15) is 0 Å². The lowest BCUT2D eigenvalue weighted by atomic mass is 10.00. The van der Waals surface area contributed by atoms with E-state index in [1.165, 1.54) is 154 Å². The number of hydrogen-bond acceptors (Lipinski definition) is 0. The summed E-state index contributed by atoms with van der Waals surface area (Å²) < 4.78 is 2.54. The first-order chi connectivity index (χ1) is 16.7. The lowest BCUT2D eigenvalue weighted by Crippen LogP contribution is -2.40. The van der Waals surface area contributed by atoms with Gasteiger partial charge in [-0.3, -0.25) is 0 Å². The smallest absolute Gasteiger partial charge is 0.247 e. The standard InChI is InChI=1S/C32H62N2/c1-5-7-9-11-13-15-16-17-19-21-23-25-27-31(4)34-29-28-33-32(34)30(3)26-24-22-20-18-14-12-10-8-6-2/h28-31H,5-27H2,1-4H3/p+1. The van der Waals surface area contributed by atoms with Crippen LogP contribution >= 0.6 is 0 Å². The molecule has 1 N–H and O–H groups in total. The molecular formula is C32H63N2+. The van der Waals surface area contributed by atoms with Crippen LogP contribution in [-0.4, -0.2) is 4.98 Å². The maximum atomic E-state index is 3.58. The van der Waals surface area contributed by atoms with Crippen molar-refractivity contribution >= 4 is 0 Å². The fraction of sp³-hybridized carbons (Fsp3) is 0.906. The Kier molecular flexibility index (Phi) is 20.8. The van der Waals surface area contributed by atoms with Gasteiger partial charge in [0, 0.05) is 0 Å². The number of nitrogens with zero attached hydrogens (tertiary/aromatic N) is 1. The maximum Gasteiger partial charge on any atom is 0.257 e. The summed E-state index contributed by atoms with van der Waals surface area (Å²) in [5.74, 6) is 2.09. The molecule has 2 unspecified atom stereocenters. The van der Waals surface area contributed by atoms with Gasteiger partial charge < -0.3 is 0 Å². The highest BCUT2D eigenvalue weighted by atomic mass is 15.1. The molecule has 0 amide bonds. The Morgan fingerprint density at radius 1 is 0.559 bits per heavy atom. The first-order valence-corrected chi connectivity index (χ1v) is 15.8. The molecule has 0 aliphatic rings. The highest BCUT2D eigenvalue weighted by Gasteiger charge is 2.22. The van der Waals surface area contributed by atoms with Gasteiger partial charge in [-0.15, -0.1) is 0 Å². The summed E-state index contributed by atoms with van der Waals surface area (Å²) in [6.07, 6.45) is 37.1. The van der Waals surface area contributed by atoms with Crippen molar-refractivity contribution in [1.82, 2.24) is 4.98 Å². The van der Waals surface area contributed by atoms with E-state index in [4.69, 9.17) is 0 Å². The minimum Gasteiger partial charge on any atom is -0.247 e. The quantitative estimate of drug-likeness (QED) is 0.107. The lowest BCUT2D eigenvalue weighted by Gasteiger charge is -2.14. The number of imidazole rings is 1. The molecule has 0 aliphatic carbocycles. The van der Waals surface area contributed by atoms with E-state index in [1.807, 2.05) is 0 Å². The molecule has 0 fully saturated rings. The van der Waals surface area contributed by atoms with E-state index >= 15 is 0 Å². The summed E-state index contributed by atoms with van der Waals surface area (Å²) in [5.41, 5.74) is 0. The van der Waals surface area contributed by atoms with E-state index in [0.29, 0.717) is 12.0 Å². The Bertz CT molecular complexity index is 535. The van der Waals surface area contributed by atoms with Crippen LogP contribution in [0.25, 0.3) is 0 Å². The summed E-state index contributed by atoms with van der Waals surface area (Å²) >= 11 is 0. The fourth-order valence-electron chi connectivity index (χ4n) is 5.46. The van der Waals surface area contributed by atoms with Crippen LogP contribution < -0.4 is 4.57 Å². The molecule has 34 heavy (non-hydrogen) atoms. The molecule has 0 bridgehead atoms. The third-order valence-corrected chi connectivity index (χ3v) is 7.90. The summed E-state index contributed by atoms with van der Waals surface area (Å²) in [6.45, 7) is 9.44. The van der Waals surface area contributed by atoms with Crippen molar-refractivity contribution in [2.45, 2.75) is 187 Å². The van der Waals surface area contributed by atoms with Crippen LogP contribution in [-0.2, 0) is 0 Å². The van der Waals surface area contributed by atoms with Crippen LogP contribution in [0.4, 0.5) is 0 Å². The average molecular weight is 476 g/mol. The SMILES string of the molecule is CCCCCCCCCCCCCCC(C)[n+]1cc[nH]c1C(C)CCCCCCCCCCC. The molecule has 1 aromatic rings. The predicted octanol–water partition coefficient (Wildman–Crippen LogP) is 11.0. The number of rotatable bonds is 25. The van der Waals surface area contributed by atoms with Crippen LogP contribution in [0.1, 0.15) is 193 Å². The average Bonchev–Trinajstić information content (AvgIpc) is 3.34. The molecule has 0 saturated heterocycles. The highest BCUT2D eigenvalue weighted by Crippen LogP contribution is 2.21. The number of aromatic amines is 1. The van der Waals surface area contributed by atoms with Crippen molar-refractivity contribution in [2.24, 2.45) is 0 Å². The van der Waals surface area contributed by atoms with E-state index in [9.17, 15) is 0 Å². The van der Waals surface area contributed by atoms with Gasteiger partial charge in [-0.1, -0.05) is 149 Å². The van der Waals surface area contributed by atoms with E-state index in [1.54, 1.807) is 0 Å². The number of unbranched alkanes of at least 4 members (excludes halogenated alkanes) is 19.